The molecule has 1 unspecified atom stereocenters. The molecule has 1 heterocycles. The molecule has 1 atom stereocenters. The maximum absolute atomic E-state index is 12.4. The normalized spacial score (nSPS) is 16.6. The smallest absolute Gasteiger partial charge is 0.319 e. The molecule has 0 radical (unpaired) electrons. The highest BCUT2D eigenvalue weighted by atomic mass is 16.5. The number of amides is 3. The van der Waals surface area contributed by atoms with Gasteiger partial charge in [-0.15, -0.1) is 0 Å². The van der Waals surface area contributed by atoms with E-state index in [-0.39, 0.29) is 18.7 Å². The fourth-order valence-corrected chi connectivity index (χ4v) is 3.50. The van der Waals surface area contributed by atoms with E-state index < -0.39 is 5.91 Å². The number of anilines is 1. The summed E-state index contributed by atoms with van der Waals surface area (Å²) >= 11 is 0. The predicted octanol–water partition coefficient (Wildman–Crippen LogP) is 2.93. The van der Waals surface area contributed by atoms with Gasteiger partial charge in [0.15, 0.2) is 6.23 Å². The van der Waals surface area contributed by atoms with Crippen LogP contribution in [-0.4, -0.2) is 44.1 Å². The minimum Gasteiger partial charge on any atom is -0.497 e. The van der Waals surface area contributed by atoms with Crippen molar-refractivity contribution in [3.63, 3.8) is 0 Å². The van der Waals surface area contributed by atoms with Gasteiger partial charge in [0.05, 0.1) is 25.6 Å². The summed E-state index contributed by atoms with van der Waals surface area (Å²) in [6, 6.07) is 5.22. The molecule has 1 aromatic carbocycles. The molecule has 0 spiro atoms. The van der Waals surface area contributed by atoms with Gasteiger partial charge < -0.3 is 30.2 Å². The zero-order valence-corrected chi connectivity index (χ0v) is 18.8. The van der Waals surface area contributed by atoms with Crippen LogP contribution in [0.25, 0.3) is 0 Å². The van der Waals surface area contributed by atoms with Gasteiger partial charge >= 0.3 is 6.03 Å². The van der Waals surface area contributed by atoms with Crippen LogP contribution >= 0.6 is 0 Å². The number of hydrogen-bond donors (Lipinski definition) is 5. The van der Waals surface area contributed by atoms with Gasteiger partial charge in [-0.25, -0.2) is 10.3 Å². The van der Waals surface area contributed by atoms with Gasteiger partial charge in [0, 0.05) is 19.0 Å². The zero-order chi connectivity index (χ0) is 23.6. The van der Waals surface area contributed by atoms with Crippen LogP contribution < -0.4 is 30.9 Å². The second-order valence-corrected chi connectivity index (χ2v) is 7.54. The molecule has 178 valence electrons. The average molecular weight is 459 g/mol. The van der Waals surface area contributed by atoms with E-state index in [1.807, 2.05) is 36.4 Å². The summed E-state index contributed by atoms with van der Waals surface area (Å²) in [6.07, 6.45) is 8.20. The molecule has 3 amide bonds. The van der Waals surface area contributed by atoms with Gasteiger partial charge in [0.25, 0.3) is 0 Å². The molecule has 10 heteroatoms. The molecule has 0 fully saturated rings. The predicted molar refractivity (Wildman–Crippen MR) is 122 cm³/mol. The quantitative estimate of drug-likeness (QED) is 0.207. The van der Waals surface area contributed by atoms with Crippen molar-refractivity contribution < 1.29 is 29.0 Å². The number of benzene rings is 1. The molecule has 0 saturated carbocycles. The number of fused-ring (bicyclic) bond motifs is 1. The molecule has 2 aliphatic rings. The van der Waals surface area contributed by atoms with Gasteiger partial charge in [0.1, 0.15) is 17.3 Å². The summed E-state index contributed by atoms with van der Waals surface area (Å²) < 4.78 is 16.8. The van der Waals surface area contributed by atoms with E-state index in [1.54, 1.807) is 19.7 Å². The summed E-state index contributed by atoms with van der Waals surface area (Å²) in [4.78, 5) is 23.4. The Hall–Kier alpha value is -3.66. The zero-order valence-electron chi connectivity index (χ0n) is 18.8. The number of nitrogens with one attached hydrogen (secondary N) is 4. The van der Waals surface area contributed by atoms with E-state index in [2.05, 4.69) is 16.0 Å². The van der Waals surface area contributed by atoms with Crippen molar-refractivity contribution in [3.8, 4) is 11.5 Å². The van der Waals surface area contributed by atoms with E-state index in [0.29, 0.717) is 37.3 Å². The summed E-state index contributed by atoms with van der Waals surface area (Å²) in [5.41, 5.74) is 3.89. The van der Waals surface area contributed by atoms with Crippen LogP contribution in [0.15, 0.2) is 53.5 Å². The van der Waals surface area contributed by atoms with Gasteiger partial charge in [-0.05, 0) is 49.1 Å². The van der Waals surface area contributed by atoms with Crippen molar-refractivity contribution in [2.45, 2.75) is 38.3 Å². The maximum atomic E-state index is 12.4. The topological polar surface area (TPSA) is 130 Å². The van der Waals surface area contributed by atoms with Crippen LogP contribution in [0.2, 0.25) is 0 Å². The van der Waals surface area contributed by atoms with Gasteiger partial charge in [0.2, 0.25) is 5.91 Å². The number of rotatable bonds is 10. The number of urea groups is 1. The third-order valence-electron chi connectivity index (χ3n) is 5.23. The Kier molecular flexibility index (Phi) is 8.59. The highest BCUT2D eigenvalue weighted by Crippen LogP contribution is 2.37. The van der Waals surface area contributed by atoms with Crippen LogP contribution in [0.3, 0.4) is 0 Å². The van der Waals surface area contributed by atoms with E-state index in [1.165, 1.54) is 0 Å². The van der Waals surface area contributed by atoms with Crippen LogP contribution in [0, 0.1) is 0 Å². The Bertz CT molecular complexity index is 956. The lowest BCUT2D eigenvalue weighted by atomic mass is 10.1. The summed E-state index contributed by atoms with van der Waals surface area (Å²) in [6.45, 7) is 0.457. The Morgan fingerprint density at radius 3 is 2.82 bits per heavy atom. The second kappa shape index (κ2) is 11.8. The Balaban J connectivity index is 1.57. The average Bonchev–Trinajstić information content (AvgIpc) is 3.14. The molecule has 33 heavy (non-hydrogen) atoms. The number of carbonyl (C=O) groups is 2. The summed E-state index contributed by atoms with van der Waals surface area (Å²) in [7, 11) is 3.16. The van der Waals surface area contributed by atoms with Gasteiger partial charge in [-0.1, -0.05) is 12.5 Å². The van der Waals surface area contributed by atoms with Crippen LogP contribution in [-0.2, 0) is 9.53 Å². The van der Waals surface area contributed by atoms with Gasteiger partial charge in [-0.3, -0.25) is 10.0 Å². The third-order valence-corrected chi connectivity index (χ3v) is 5.23. The Morgan fingerprint density at radius 1 is 1.21 bits per heavy atom. The minimum absolute atomic E-state index is 0.251. The molecule has 0 aromatic heterocycles. The lowest BCUT2D eigenvalue weighted by Gasteiger charge is -2.16. The molecule has 0 saturated heterocycles. The number of hydroxylamine groups is 1. The van der Waals surface area contributed by atoms with Crippen molar-refractivity contribution in [2.75, 3.05) is 26.1 Å². The van der Waals surface area contributed by atoms with Crippen molar-refractivity contribution >= 4 is 17.6 Å². The molecule has 1 aromatic rings. The first kappa shape index (κ1) is 24.0. The first-order valence-corrected chi connectivity index (χ1v) is 10.8. The molecule has 5 N–H and O–H groups in total. The molecular weight excluding hydrogens is 428 g/mol. The summed E-state index contributed by atoms with van der Waals surface area (Å²) in [5.74, 6) is 1.59. The van der Waals surface area contributed by atoms with Crippen LogP contribution in [0.5, 0.6) is 11.5 Å². The molecule has 10 nitrogen and oxygen atoms in total. The number of methoxy groups -OCH3 is 2. The highest BCUT2D eigenvalue weighted by molar-refractivity contribution is 5.77. The molecule has 1 aliphatic carbocycles. The monoisotopic (exact) mass is 458 g/mol. The van der Waals surface area contributed by atoms with Crippen molar-refractivity contribution in [2.24, 2.45) is 0 Å². The molecular formula is C23H30N4O6. The SMILES string of the molecule is COC1=C(NC(=O)NCCCCCC(=O)NO)C=C(C2Nc3cc(OC)ccc3O2)CC=C1. The number of unbranched alkanes of at least 4 members (excludes halogenated alkanes) is 2. The molecule has 3 rings (SSSR count). The second-order valence-electron chi connectivity index (χ2n) is 7.54. The first-order chi connectivity index (χ1) is 16.0. The van der Waals surface area contributed by atoms with E-state index >= 15 is 0 Å². The standard InChI is InChI=1S/C23H30N4O6/c1-31-16-10-11-20-18(14-16)25-22(33-20)15-7-6-8-19(32-2)17(13-15)26-23(29)24-12-5-3-4-9-21(28)27-30/h6,8,10-11,13-14,22,25,30H,3-5,7,9,12H2,1-2H3,(H,27,28)(H2,24,26,29). The summed E-state index contributed by atoms with van der Waals surface area (Å²) in [5, 5.41) is 17.5. The van der Waals surface area contributed by atoms with E-state index in [0.717, 1.165) is 29.2 Å². The highest BCUT2D eigenvalue weighted by Gasteiger charge is 2.26. The fraction of sp³-hybridized carbons (Fsp3) is 0.391. The Labute approximate surface area is 192 Å². The minimum atomic E-state index is -0.410. The third kappa shape index (κ3) is 6.66. The maximum Gasteiger partial charge on any atom is 0.319 e. The molecule has 0 bridgehead atoms. The van der Waals surface area contributed by atoms with E-state index in [9.17, 15) is 9.59 Å². The first-order valence-electron chi connectivity index (χ1n) is 10.8. The van der Waals surface area contributed by atoms with Crippen LogP contribution in [0.1, 0.15) is 32.1 Å². The number of hydrogen-bond acceptors (Lipinski definition) is 7. The van der Waals surface area contributed by atoms with Crippen molar-refractivity contribution in [3.05, 3.63) is 53.5 Å². The van der Waals surface area contributed by atoms with E-state index in [4.69, 9.17) is 19.4 Å². The largest absolute Gasteiger partial charge is 0.497 e. The Morgan fingerprint density at radius 2 is 2.06 bits per heavy atom. The number of ether oxygens (including phenoxy) is 3. The number of carbonyl (C=O) groups excluding carboxylic acids is 2. The van der Waals surface area contributed by atoms with Crippen LogP contribution in [0.4, 0.5) is 10.5 Å². The lowest BCUT2D eigenvalue weighted by Crippen LogP contribution is -2.36. The lowest BCUT2D eigenvalue weighted by molar-refractivity contribution is -0.129. The van der Waals surface area contributed by atoms with Crippen molar-refractivity contribution in [1.82, 2.24) is 16.1 Å². The fourth-order valence-electron chi connectivity index (χ4n) is 3.50. The van der Waals surface area contributed by atoms with Gasteiger partial charge in [-0.2, -0.15) is 0 Å². The number of allylic oxidation sites excluding steroid dienone is 3. The van der Waals surface area contributed by atoms with Crippen molar-refractivity contribution in [1.29, 1.82) is 0 Å². The molecule has 1 aliphatic heterocycles.